The van der Waals surface area contributed by atoms with Crippen molar-refractivity contribution in [2.45, 2.75) is 6.92 Å². The summed E-state index contributed by atoms with van der Waals surface area (Å²) in [5, 5.41) is 10.7. The van der Waals surface area contributed by atoms with E-state index < -0.39 is 22.5 Å². The molecule has 2 rings (SSSR count). The van der Waals surface area contributed by atoms with Gasteiger partial charge in [0.15, 0.2) is 11.6 Å². The van der Waals surface area contributed by atoms with Crippen molar-refractivity contribution in [1.29, 1.82) is 0 Å². The third kappa shape index (κ3) is 2.83. The summed E-state index contributed by atoms with van der Waals surface area (Å²) in [5.74, 6) is -3.20. The first kappa shape index (κ1) is 14.5. The van der Waals surface area contributed by atoms with Gasteiger partial charge in [-0.1, -0.05) is 6.07 Å². The lowest BCUT2D eigenvalue weighted by Gasteiger charge is -2.20. The van der Waals surface area contributed by atoms with Crippen LogP contribution in [-0.2, 0) is 4.79 Å². The molecular formula is C13H9F2N3O3. The fraction of sp³-hybridized carbons (Fsp3) is 0.0769. The van der Waals surface area contributed by atoms with Gasteiger partial charge < -0.3 is 0 Å². The van der Waals surface area contributed by atoms with Crippen LogP contribution < -0.4 is 4.90 Å². The molecule has 6 nitrogen and oxygen atoms in total. The predicted molar refractivity (Wildman–Crippen MR) is 70.1 cm³/mol. The van der Waals surface area contributed by atoms with E-state index in [1.165, 1.54) is 12.1 Å². The van der Waals surface area contributed by atoms with Gasteiger partial charge in [0.25, 0.3) is 5.69 Å². The highest BCUT2D eigenvalue weighted by Gasteiger charge is 2.22. The third-order valence-corrected chi connectivity index (χ3v) is 2.66. The lowest BCUT2D eigenvalue weighted by atomic mass is 10.2. The Labute approximate surface area is 117 Å². The minimum Gasteiger partial charge on any atom is -0.274 e. The average Bonchev–Trinajstić information content (AvgIpc) is 2.44. The van der Waals surface area contributed by atoms with Crippen molar-refractivity contribution < 1.29 is 18.5 Å². The molecule has 0 radical (unpaired) electrons. The van der Waals surface area contributed by atoms with Gasteiger partial charge in [0.2, 0.25) is 5.91 Å². The highest BCUT2D eigenvalue weighted by molar-refractivity contribution is 5.98. The van der Waals surface area contributed by atoms with Gasteiger partial charge in [-0.05, 0) is 12.1 Å². The van der Waals surface area contributed by atoms with E-state index in [1.807, 2.05) is 0 Å². The topological polar surface area (TPSA) is 76.3 Å². The summed E-state index contributed by atoms with van der Waals surface area (Å²) >= 11 is 0. The molecule has 1 aromatic carbocycles. The van der Waals surface area contributed by atoms with E-state index in [-0.39, 0.29) is 17.2 Å². The Hall–Kier alpha value is -2.90. The van der Waals surface area contributed by atoms with Crippen LogP contribution in [0.25, 0.3) is 0 Å². The van der Waals surface area contributed by atoms with Crippen LogP contribution in [0.4, 0.5) is 26.0 Å². The number of halogens is 2. The second kappa shape index (κ2) is 5.61. The number of amides is 1. The van der Waals surface area contributed by atoms with Crippen LogP contribution in [0.2, 0.25) is 0 Å². The van der Waals surface area contributed by atoms with Gasteiger partial charge in [-0.3, -0.25) is 19.8 Å². The fourth-order valence-electron chi connectivity index (χ4n) is 1.76. The molecule has 0 spiro atoms. The van der Waals surface area contributed by atoms with Gasteiger partial charge in [0, 0.05) is 19.2 Å². The van der Waals surface area contributed by atoms with Crippen LogP contribution in [0.3, 0.4) is 0 Å². The quantitative estimate of drug-likeness (QED) is 0.644. The summed E-state index contributed by atoms with van der Waals surface area (Å²) in [6.45, 7) is 1.12. The Kier molecular flexibility index (Phi) is 3.88. The molecule has 0 N–H and O–H groups in total. The molecule has 0 fully saturated rings. The van der Waals surface area contributed by atoms with Crippen LogP contribution in [0.5, 0.6) is 0 Å². The molecule has 0 atom stereocenters. The molecular weight excluding hydrogens is 284 g/mol. The van der Waals surface area contributed by atoms with Gasteiger partial charge >= 0.3 is 0 Å². The van der Waals surface area contributed by atoms with Crippen LogP contribution in [0.15, 0.2) is 36.5 Å². The van der Waals surface area contributed by atoms with Crippen LogP contribution >= 0.6 is 0 Å². The minimum absolute atomic E-state index is 0.166. The van der Waals surface area contributed by atoms with Gasteiger partial charge in [-0.15, -0.1) is 0 Å². The van der Waals surface area contributed by atoms with Gasteiger partial charge in [-0.25, -0.2) is 13.8 Å². The highest BCUT2D eigenvalue weighted by Crippen LogP contribution is 2.29. The minimum atomic E-state index is -1.24. The van der Waals surface area contributed by atoms with Crippen molar-refractivity contribution in [3.05, 3.63) is 58.3 Å². The molecule has 1 aromatic heterocycles. The van der Waals surface area contributed by atoms with E-state index in [4.69, 9.17) is 0 Å². The molecule has 2 aromatic rings. The molecule has 0 unspecified atom stereocenters. The number of anilines is 2. The standard InChI is InChI=1S/C13H9F2N3O3/c1-8(19)17(11-4-2-3-10(14)13(11)15)12-7-9(18(20)21)5-6-16-12/h2-7H,1H3. The SMILES string of the molecule is CC(=O)N(c1cc([N+](=O)[O-])ccn1)c1cccc(F)c1F. The maximum atomic E-state index is 13.8. The van der Waals surface area contributed by atoms with E-state index in [1.54, 1.807) is 0 Å². The first-order valence-electron chi connectivity index (χ1n) is 5.77. The van der Waals surface area contributed by atoms with Crippen LogP contribution in [-0.4, -0.2) is 15.8 Å². The van der Waals surface area contributed by atoms with E-state index in [0.29, 0.717) is 0 Å². The van der Waals surface area contributed by atoms with E-state index in [0.717, 1.165) is 36.2 Å². The molecule has 1 amide bonds. The Morgan fingerprint density at radius 1 is 1.33 bits per heavy atom. The molecule has 0 saturated carbocycles. The molecule has 0 aliphatic heterocycles. The summed E-state index contributed by atoms with van der Waals surface area (Å²) in [6, 6.07) is 5.44. The first-order chi connectivity index (χ1) is 9.91. The number of carbonyl (C=O) groups is 1. The summed E-state index contributed by atoms with van der Waals surface area (Å²) in [5.41, 5.74) is -0.682. The van der Waals surface area contributed by atoms with Gasteiger partial charge in [0.1, 0.15) is 5.82 Å². The maximum absolute atomic E-state index is 13.8. The Bertz CT molecular complexity index is 722. The average molecular weight is 293 g/mol. The molecule has 0 aliphatic carbocycles. The fourth-order valence-corrected chi connectivity index (χ4v) is 1.76. The Morgan fingerprint density at radius 2 is 2.05 bits per heavy atom. The Morgan fingerprint density at radius 3 is 2.67 bits per heavy atom. The summed E-state index contributed by atoms with van der Waals surface area (Å²) < 4.78 is 27.1. The molecule has 8 heteroatoms. The Balaban J connectivity index is 2.59. The third-order valence-electron chi connectivity index (χ3n) is 2.66. The molecule has 1 heterocycles. The normalized spacial score (nSPS) is 10.2. The van der Waals surface area contributed by atoms with Crippen molar-refractivity contribution in [2.24, 2.45) is 0 Å². The lowest BCUT2D eigenvalue weighted by Crippen LogP contribution is -2.25. The van der Waals surface area contributed by atoms with Crippen molar-refractivity contribution in [2.75, 3.05) is 4.90 Å². The zero-order valence-electron chi connectivity index (χ0n) is 10.8. The zero-order valence-corrected chi connectivity index (χ0v) is 10.8. The van der Waals surface area contributed by atoms with Crippen molar-refractivity contribution >= 4 is 23.1 Å². The number of carbonyl (C=O) groups excluding carboxylic acids is 1. The van der Waals surface area contributed by atoms with E-state index in [9.17, 15) is 23.7 Å². The molecule has 21 heavy (non-hydrogen) atoms. The number of hydrogen-bond acceptors (Lipinski definition) is 4. The molecule has 0 aliphatic rings. The second-order valence-corrected chi connectivity index (χ2v) is 4.06. The molecule has 0 bridgehead atoms. The number of hydrogen-bond donors (Lipinski definition) is 0. The summed E-state index contributed by atoms with van der Waals surface area (Å²) in [4.78, 5) is 26.4. The van der Waals surface area contributed by atoms with Crippen molar-refractivity contribution in [3.63, 3.8) is 0 Å². The van der Waals surface area contributed by atoms with Crippen molar-refractivity contribution in [1.82, 2.24) is 4.98 Å². The molecule has 0 saturated heterocycles. The predicted octanol–water partition coefficient (Wildman–Crippen LogP) is 2.95. The number of rotatable bonds is 3. The number of aromatic nitrogens is 1. The van der Waals surface area contributed by atoms with E-state index >= 15 is 0 Å². The number of pyridine rings is 1. The lowest BCUT2D eigenvalue weighted by molar-refractivity contribution is -0.384. The zero-order chi connectivity index (χ0) is 15.6. The van der Waals surface area contributed by atoms with Crippen LogP contribution in [0, 0.1) is 21.7 Å². The largest absolute Gasteiger partial charge is 0.274 e. The summed E-state index contributed by atoms with van der Waals surface area (Å²) in [7, 11) is 0. The van der Waals surface area contributed by atoms with Gasteiger partial charge in [-0.2, -0.15) is 0 Å². The van der Waals surface area contributed by atoms with E-state index in [2.05, 4.69) is 4.98 Å². The number of nitrogens with zero attached hydrogens (tertiary/aromatic N) is 3. The maximum Gasteiger partial charge on any atom is 0.274 e. The number of benzene rings is 1. The molecule has 108 valence electrons. The number of nitro groups is 1. The van der Waals surface area contributed by atoms with Crippen LogP contribution in [0.1, 0.15) is 6.92 Å². The van der Waals surface area contributed by atoms with Gasteiger partial charge in [0.05, 0.1) is 16.7 Å². The monoisotopic (exact) mass is 293 g/mol. The first-order valence-corrected chi connectivity index (χ1v) is 5.77. The summed E-state index contributed by atoms with van der Waals surface area (Å²) in [6.07, 6.45) is 1.11. The smallest absolute Gasteiger partial charge is 0.274 e. The van der Waals surface area contributed by atoms with Crippen molar-refractivity contribution in [3.8, 4) is 0 Å². The highest BCUT2D eigenvalue weighted by atomic mass is 19.2. The second-order valence-electron chi connectivity index (χ2n) is 4.06.